The Balaban J connectivity index is 1.49. The quantitative estimate of drug-likeness (QED) is 0.786. The van der Waals surface area contributed by atoms with Crippen LogP contribution in [-0.4, -0.2) is 29.5 Å². The molecule has 2 bridgehead atoms. The molecule has 0 amide bonds. The maximum Gasteiger partial charge on any atom is 0.128 e. The van der Waals surface area contributed by atoms with Crippen molar-refractivity contribution >= 4 is 0 Å². The zero-order valence-corrected chi connectivity index (χ0v) is 11.1. The molecule has 4 heteroatoms. The fourth-order valence-electron chi connectivity index (χ4n) is 3.64. The summed E-state index contributed by atoms with van der Waals surface area (Å²) < 4.78 is 31.3. The summed E-state index contributed by atoms with van der Waals surface area (Å²) >= 11 is 0. The molecule has 0 aromatic heterocycles. The smallest absolute Gasteiger partial charge is 0.128 e. The third-order valence-corrected chi connectivity index (χ3v) is 4.74. The summed E-state index contributed by atoms with van der Waals surface area (Å²) in [6.07, 6.45) is 1.17. The second-order valence-electron chi connectivity index (χ2n) is 6.17. The summed E-state index contributed by atoms with van der Waals surface area (Å²) in [4.78, 5) is 0. The Morgan fingerprint density at radius 2 is 2.11 bits per heavy atom. The van der Waals surface area contributed by atoms with Gasteiger partial charge in [-0.1, -0.05) is 18.2 Å². The van der Waals surface area contributed by atoms with Crippen molar-refractivity contribution in [1.82, 2.24) is 0 Å². The lowest BCUT2D eigenvalue weighted by Crippen LogP contribution is -2.43. The molecule has 3 saturated heterocycles. The van der Waals surface area contributed by atoms with E-state index in [-0.39, 0.29) is 41.9 Å². The minimum absolute atomic E-state index is 0.0270. The van der Waals surface area contributed by atoms with Crippen LogP contribution in [0.1, 0.15) is 25.8 Å². The summed E-state index contributed by atoms with van der Waals surface area (Å²) in [5.41, 5.74) is -0.00318. The van der Waals surface area contributed by atoms with E-state index in [2.05, 4.69) is 6.92 Å². The van der Waals surface area contributed by atoms with Crippen molar-refractivity contribution in [3.63, 3.8) is 0 Å². The van der Waals surface area contributed by atoms with Crippen LogP contribution in [-0.2, 0) is 20.8 Å². The average molecular weight is 264 g/mol. The van der Waals surface area contributed by atoms with Gasteiger partial charge < -0.3 is 14.2 Å². The third kappa shape index (κ3) is 1.54. The van der Waals surface area contributed by atoms with Gasteiger partial charge in [0.1, 0.15) is 23.6 Å². The maximum atomic E-state index is 13.6. The predicted octanol–water partition coefficient (Wildman–Crippen LogP) is 2.43. The minimum atomic E-state index is -0.370. The first kappa shape index (κ1) is 11.8. The summed E-state index contributed by atoms with van der Waals surface area (Å²) in [5.74, 6) is -0.219. The van der Waals surface area contributed by atoms with E-state index >= 15 is 0 Å². The van der Waals surface area contributed by atoms with Crippen LogP contribution in [0.15, 0.2) is 24.3 Å². The summed E-state index contributed by atoms with van der Waals surface area (Å²) in [6.45, 7) is 4.40. The Morgan fingerprint density at radius 3 is 2.79 bits per heavy atom. The van der Waals surface area contributed by atoms with Crippen molar-refractivity contribution in [3.8, 4) is 0 Å². The molecule has 3 aliphatic heterocycles. The Hall–Kier alpha value is -0.970. The van der Waals surface area contributed by atoms with Gasteiger partial charge in [-0.2, -0.15) is 0 Å². The number of rotatable bonds is 3. The Morgan fingerprint density at radius 1 is 1.32 bits per heavy atom. The topological polar surface area (TPSA) is 31.0 Å². The van der Waals surface area contributed by atoms with Crippen LogP contribution in [0.4, 0.5) is 4.39 Å². The lowest BCUT2D eigenvalue weighted by Gasteiger charge is -2.27. The van der Waals surface area contributed by atoms with Crippen LogP contribution >= 0.6 is 0 Å². The molecule has 0 N–H and O–H groups in total. The van der Waals surface area contributed by atoms with Gasteiger partial charge in [-0.05, 0) is 19.9 Å². The second kappa shape index (κ2) is 3.57. The van der Waals surface area contributed by atoms with Gasteiger partial charge in [-0.25, -0.2) is 4.39 Å². The third-order valence-electron chi connectivity index (χ3n) is 4.74. The van der Waals surface area contributed by atoms with Crippen LogP contribution in [0.2, 0.25) is 0 Å². The first-order valence-electron chi connectivity index (χ1n) is 6.74. The van der Waals surface area contributed by atoms with Gasteiger partial charge in [0.25, 0.3) is 0 Å². The molecule has 3 nitrogen and oxygen atoms in total. The van der Waals surface area contributed by atoms with Crippen molar-refractivity contribution in [2.24, 2.45) is 0 Å². The van der Waals surface area contributed by atoms with E-state index in [0.717, 1.165) is 6.42 Å². The van der Waals surface area contributed by atoms with Crippen molar-refractivity contribution in [3.05, 3.63) is 35.6 Å². The molecule has 3 heterocycles. The summed E-state index contributed by atoms with van der Waals surface area (Å²) in [6, 6.07) is 6.72. The fourth-order valence-corrected chi connectivity index (χ4v) is 3.64. The van der Waals surface area contributed by atoms with Crippen LogP contribution in [0, 0.1) is 5.82 Å². The van der Waals surface area contributed by atoms with Crippen LogP contribution in [0.3, 0.4) is 0 Å². The Labute approximate surface area is 111 Å². The highest BCUT2D eigenvalue weighted by Gasteiger charge is 2.77. The maximum absolute atomic E-state index is 13.6. The lowest BCUT2D eigenvalue weighted by atomic mass is 9.82. The van der Waals surface area contributed by atoms with Gasteiger partial charge in [0.05, 0.1) is 18.3 Å². The highest BCUT2D eigenvalue weighted by Crippen LogP contribution is 2.61. The van der Waals surface area contributed by atoms with Crippen LogP contribution in [0.25, 0.3) is 0 Å². The molecule has 102 valence electrons. The van der Waals surface area contributed by atoms with Gasteiger partial charge >= 0.3 is 0 Å². The number of halogens is 1. The largest absolute Gasteiger partial charge is 0.370 e. The van der Waals surface area contributed by atoms with Crippen molar-refractivity contribution in [1.29, 1.82) is 0 Å². The van der Waals surface area contributed by atoms with E-state index in [1.165, 1.54) is 6.07 Å². The summed E-state index contributed by atoms with van der Waals surface area (Å²) in [7, 11) is 0. The van der Waals surface area contributed by atoms with Gasteiger partial charge in [0, 0.05) is 12.0 Å². The lowest BCUT2D eigenvalue weighted by molar-refractivity contribution is -0.128. The van der Waals surface area contributed by atoms with Gasteiger partial charge in [0.2, 0.25) is 0 Å². The fraction of sp³-hybridized carbons (Fsp3) is 0.600. The molecule has 3 fully saturated rings. The molecule has 0 saturated carbocycles. The Kier molecular flexibility index (Phi) is 2.22. The van der Waals surface area contributed by atoms with Gasteiger partial charge in [-0.15, -0.1) is 0 Å². The number of hydrogen-bond donors (Lipinski definition) is 0. The molecule has 19 heavy (non-hydrogen) atoms. The van der Waals surface area contributed by atoms with Gasteiger partial charge in [-0.3, -0.25) is 0 Å². The van der Waals surface area contributed by atoms with E-state index in [1.807, 2.05) is 13.0 Å². The number of fused-ring (bicyclic) bond motifs is 5. The highest BCUT2D eigenvalue weighted by molar-refractivity contribution is 5.25. The van der Waals surface area contributed by atoms with E-state index in [1.54, 1.807) is 12.1 Å². The first-order chi connectivity index (χ1) is 9.03. The van der Waals surface area contributed by atoms with E-state index < -0.39 is 0 Å². The molecule has 4 rings (SSSR count). The van der Waals surface area contributed by atoms with Crippen molar-refractivity contribution in [2.45, 2.75) is 56.4 Å². The van der Waals surface area contributed by atoms with Crippen LogP contribution in [0.5, 0.6) is 0 Å². The molecule has 1 aromatic carbocycles. The predicted molar refractivity (Wildman–Crippen MR) is 66.2 cm³/mol. The zero-order chi connectivity index (χ0) is 13.3. The zero-order valence-electron chi connectivity index (χ0n) is 11.1. The van der Waals surface area contributed by atoms with Crippen molar-refractivity contribution < 1.29 is 18.6 Å². The highest BCUT2D eigenvalue weighted by atomic mass is 19.1. The molecule has 0 aliphatic carbocycles. The molecule has 0 spiro atoms. The van der Waals surface area contributed by atoms with Crippen molar-refractivity contribution in [2.75, 3.05) is 0 Å². The van der Waals surface area contributed by atoms with Gasteiger partial charge in [0.15, 0.2) is 0 Å². The van der Waals surface area contributed by atoms with Crippen LogP contribution < -0.4 is 0 Å². The molecule has 1 aromatic rings. The summed E-state index contributed by atoms with van der Waals surface area (Å²) in [5, 5.41) is 0. The van der Waals surface area contributed by atoms with E-state index in [0.29, 0.717) is 5.56 Å². The monoisotopic (exact) mass is 264 g/mol. The average Bonchev–Trinajstić information content (AvgIpc) is 3.09. The molecule has 5 atom stereocenters. The van der Waals surface area contributed by atoms with E-state index in [9.17, 15) is 4.39 Å². The number of epoxide rings is 1. The first-order valence-corrected chi connectivity index (χ1v) is 6.74. The minimum Gasteiger partial charge on any atom is -0.370 e. The molecule has 3 aliphatic rings. The van der Waals surface area contributed by atoms with E-state index in [4.69, 9.17) is 14.2 Å². The number of hydrogen-bond acceptors (Lipinski definition) is 3. The SMILES string of the molecule is C[C@]12C[C@H](OCc3ccccc3F)[C@](C)(O1)C1OC12. The Bertz CT molecular complexity index is 534. The molecular weight excluding hydrogens is 247 g/mol. The molecule has 0 radical (unpaired) electrons. The number of ether oxygens (including phenoxy) is 3. The second-order valence-corrected chi connectivity index (χ2v) is 6.17. The normalized spacial score (nSPS) is 46.4. The standard InChI is InChI=1S/C15H17FO3/c1-14-7-11(15(2,19-14)13-12(14)18-13)17-8-9-5-3-4-6-10(9)16/h3-6,11-13H,7-8H2,1-2H3/t11-,12?,13?,14+,15-/m0/s1. The molecular formula is C15H17FO3. The number of benzene rings is 1. The molecule has 2 unspecified atom stereocenters.